The lowest BCUT2D eigenvalue weighted by Crippen LogP contribution is -2.42. The van der Waals surface area contributed by atoms with Gasteiger partial charge in [-0.2, -0.15) is 0 Å². The molecule has 1 heterocycles. The summed E-state index contributed by atoms with van der Waals surface area (Å²) in [6, 6.07) is 5.38. The molecular formula is C12H14Cl2N2OS. The fraction of sp³-hybridized carbons (Fsp3) is 0.417. The lowest BCUT2D eigenvalue weighted by molar-refractivity contribution is -0.131. The molecular weight excluding hydrogens is 291 g/mol. The number of likely N-dealkylation sites (N-methyl/N-ethyl adjacent to an activating group) is 1. The van der Waals surface area contributed by atoms with Crippen LogP contribution in [0.2, 0.25) is 10.0 Å². The first-order chi connectivity index (χ1) is 8.59. The first kappa shape index (κ1) is 14.0. The Kier molecular flexibility index (Phi) is 4.78. The first-order valence-electron chi connectivity index (χ1n) is 5.58. The summed E-state index contributed by atoms with van der Waals surface area (Å²) in [5, 5.41) is 4.20. The van der Waals surface area contributed by atoms with E-state index in [1.54, 1.807) is 29.8 Å². The Morgan fingerprint density at radius 2 is 2.33 bits per heavy atom. The van der Waals surface area contributed by atoms with Crippen molar-refractivity contribution >= 4 is 40.9 Å². The molecule has 1 aromatic rings. The van der Waals surface area contributed by atoms with Gasteiger partial charge < -0.3 is 4.90 Å². The number of carbonyl (C=O) groups excluding carboxylic acids is 1. The summed E-state index contributed by atoms with van der Waals surface area (Å²) in [5.41, 5.74) is 0.866. The van der Waals surface area contributed by atoms with Gasteiger partial charge in [-0.25, -0.2) is 0 Å². The number of hydrogen-bond donors (Lipinski definition) is 1. The zero-order valence-corrected chi connectivity index (χ0v) is 12.3. The molecule has 1 aliphatic rings. The third kappa shape index (κ3) is 3.12. The summed E-state index contributed by atoms with van der Waals surface area (Å²) < 4.78 is 0. The number of thioether (sulfide) groups is 1. The van der Waals surface area contributed by atoms with Gasteiger partial charge >= 0.3 is 0 Å². The predicted molar refractivity (Wildman–Crippen MR) is 77.2 cm³/mol. The molecule has 1 saturated heterocycles. The van der Waals surface area contributed by atoms with Crippen molar-refractivity contribution < 1.29 is 4.79 Å². The summed E-state index contributed by atoms with van der Waals surface area (Å²) in [5.74, 6) is 1.75. The molecule has 0 aromatic heterocycles. The molecule has 0 bridgehead atoms. The van der Waals surface area contributed by atoms with Crippen LogP contribution >= 0.6 is 35.0 Å². The average Bonchev–Trinajstić information content (AvgIpc) is 2.87. The monoisotopic (exact) mass is 304 g/mol. The van der Waals surface area contributed by atoms with Crippen LogP contribution in [0.25, 0.3) is 0 Å². The normalized spacial score (nSPS) is 18.9. The molecule has 0 aliphatic carbocycles. The number of halogens is 2. The van der Waals surface area contributed by atoms with Crippen LogP contribution in [0, 0.1) is 0 Å². The minimum atomic E-state index is -0.0852. The highest BCUT2D eigenvalue weighted by molar-refractivity contribution is 7.99. The predicted octanol–water partition coefficient (Wildman–Crippen LogP) is 2.61. The molecule has 0 radical (unpaired) electrons. The van der Waals surface area contributed by atoms with E-state index in [4.69, 9.17) is 23.2 Å². The van der Waals surface area contributed by atoms with Crippen molar-refractivity contribution in [3.63, 3.8) is 0 Å². The molecule has 1 atom stereocenters. The number of nitrogens with zero attached hydrogens (tertiary/aromatic N) is 1. The standard InChI is InChI=1S/C12H14Cl2N2OS/c1-16(12(17)10-6-18-7-15-10)5-8-3-2-4-9(13)11(8)14/h2-4,10,15H,5-7H2,1H3. The molecule has 1 fully saturated rings. The van der Waals surface area contributed by atoms with Crippen molar-refractivity contribution in [3.8, 4) is 0 Å². The zero-order chi connectivity index (χ0) is 13.1. The molecule has 1 unspecified atom stereocenters. The van der Waals surface area contributed by atoms with Gasteiger partial charge in [0.25, 0.3) is 0 Å². The van der Waals surface area contributed by atoms with E-state index < -0.39 is 0 Å². The van der Waals surface area contributed by atoms with Gasteiger partial charge in [-0.1, -0.05) is 35.3 Å². The van der Waals surface area contributed by atoms with Gasteiger partial charge in [-0.15, -0.1) is 11.8 Å². The maximum absolute atomic E-state index is 12.1. The fourth-order valence-electron chi connectivity index (χ4n) is 1.82. The molecule has 0 spiro atoms. The highest BCUT2D eigenvalue weighted by atomic mass is 35.5. The van der Waals surface area contributed by atoms with Crippen molar-refractivity contribution in [2.45, 2.75) is 12.6 Å². The molecule has 1 aliphatic heterocycles. The minimum absolute atomic E-state index is 0.0852. The molecule has 1 N–H and O–H groups in total. The van der Waals surface area contributed by atoms with Crippen LogP contribution in [0.15, 0.2) is 18.2 Å². The Morgan fingerprint density at radius 3 is 3.00 bits per heavy atom. The molecule has 98 valence electrons. The first-order valence-corrected chi connectivity index (χ1v) is 7.49. The highest BCUT2D eigenvalue weighted by Gasteiger charge is 2.25. The van der Waals surface area contributed by atoms with Gasteiger partial charge in [0.1, 0.15) is 0 Å². The molecule has 2 rings (SSSR count). The van der Waals surface area contributed by atoms with Crippen molar-refractivity contribution in [2.24, 2.45) is 0 Å². The SMILES string of the molecule is CN(Cc1cccc(Cl)c1Cl)C(=O)C1CSCN1. The van der Waals surface area contributed by atoms with Crippen LogP contribution in [-0.4, -0.2) is 35.5 Å². The topological polar surface area (TPSA) is 32.3 Å². The van der Waals surface area contributed by atoms with E-state index in [1.165, 1.54) is 0 Å². The number of benzene rings is 1. The maximum Gasteiger partial charge on any atom is 0.240 e. The van der Waals surface area contributed by atoms with E-state index in [0.29, 0.717) is 16.6 Å². The summed E-state index contributed by atoms with van der Waals surface area (Å²) in [7, 11) is 1.78. The van der Waals surface area contributed by atoms with E-state index in [2.05, 4.69) is 5.32 Å². The van der Waals surface area contributed by atoms with Crippen LogP contribution in [0.5, 0.6) is 0 Å². The van der Waals surface area contributed by atoms with Gasteiger partial charge in [-0.3, -0.25) is 10.1 Å². The minimum Gasteiger partial charge on any atom is -0.340 e. The second-order valence-corrected chi connectivity index (χ2v) is 5.99. The van der Waals surface area contributed by atoms with Crippen molar-refractivity contribution in [1.29, 1.82) is 0 Å². The summed E-state index contributed by atoms with van der Waals surface area (Å²) in [6.45, 7) is 0.473. The van der Waals surface area contributed by atoms with Crippen LogP contribution < -0.4 is 5.32 Å². The maximum atomic E-state index is 12.1. The van der Waals surface area contributed by atoms with Crippen molar-refractivity contribution in [1.82, 2.24) is 10.2 Å². The van der Waals surface area contributed by atoms with Crippen LogP contribution in [0.1, 0.15) is 5.56 Å². The summed E-state index contributed by atoms with van der Waals surface area (Å²) in [6.07, 6.45) is 0. The second kappa shape index (κ2) is 6.15. The van der Waals surface area contributed by atoms with Gasteiger partial charge in [0.05, 0.1) is 16.1 Å². The van der Waals surface area contributed by atoms with Gasteiger partial charge in [0.15, 0.2) is 0 Å². The summed E-state index contributed by atoms with van der Waals surface area (Å²) in [4.78, 5) is 13.8. The highest BCUT2D eigenvalue weighted by Crippen LogP contribution is 2.26. The molecule has 1 aromatic carbocycles. The van der Waals surface area contributed by atoms with Crippen molar-refractivity contribution in [2.75, 3.05) is 18.7 Å². The van der Waals surface area contributed by atoms with E-state index in [1.807, 2.05) is 12.1 Å². The van der Waals surface area contributed by atoms with E-state index in [-0.39, 0.29) is 11.9 Å². The molecule has 6 heteroatoms. The number of amides is 1. The van der Waals surface area contributed by atoms with E-state index in [0.717, 1.165) is 17.2 Å². The van der Waals surface area contributed by atoms with Gasteiger partial charge in [-0.05, 0) is 11.6 Å². The zero-order valence-electron chi connectivity index (χ0n) is 9.95. The Labute approximate surface area is 121 Å². The Bertz CT molecular complexity index is 450. The number of carbonyl (C=O) groups is 1. The molecule has 0 saturated carbocycles. The third-order valence-electron chi connectivity index (χ3n) is 2.83. The lowest BCUT2D eigenvalue weighted by atomic mass is 10.2. The average molecular weight is 305 g/mol. The van der Waals surface area contributed by atoms with E-state index >= 15 is 0 Å². The smallest absolute Gasteiger partial charge is 0.240 e. The quantitative estimate of drug-likeness (QED) is 0.932. The number of nitrogens with one attached hydrogen (secondary N) is 1. The summed E-state index contributed by atoms with van der Waals surface area (Å²) >= 11 is 13.8. The van der Waals surface area contributed by atoms with Crippen molar-refractivity contribution in [3.05, 3.63) is 33.8 Å². The van der Waals surface area contributed by atoms with Crippen LogP contribution in [0.3, 0.4) is 0 Å². The molecule has 1 amide bonds. The molecule has 3 nitrogen and oxygen atoms in total. The number of rotatable bonds is 3. The second-order valence-electron chi connectivity index (χ2n) is 4.18. The van der Waals surface area contributed by atoms with Crippen LogP contribution in [-0.2, 0) is 11.3 Å². The largest absolute Gasteiger partial charge is 0.340 e. The fourth-order valence-corrected chi connectivity index (χ4v) is 3.14. The number of hydrogen-bond acceptors (Lipinski definition) is 3. The Balaban J connectivity index is 2.04. The Morgan fingerprint density at radius 1 is 1.56 bits per heavy atom. The Hall–Kier alpha value is -0.420. The van der Waals surface area contributed by atoms with Gasteiger partial charge in [0.2, 0.25) is 5.91 Å². The molecule has 18 heavy (non-hydrogen) atoms. The third-order valence-corrected chi connectivity index (χ3v) is 4.63. The van der Waals surface area contributed by atoms with E-state index in [9.17, 15) is 4.79 Å². The van der Waals surface area contributed by atoms with Gasteiger partial charge in [0, 0.05) is 25.2 Å². The lowest BCUT2D eigenvalue weighted by Gasteiger charge is -2.21. The van der Waals surface area contributed by atoms with Crippen LogP contribution in [0.4, 0.5) is 0 Å².